The number of carbonyl (C=O) groups excluding carboxylic acids is 1. The third-order valence-electron chi connectivity index (χ3n) is 5.61. The third kappa shape index (κ3) is 3.77. The van der Waals surface area contributed by atoms with E-state index in [0.717, 1.165) is 36.1 Å². The van der Waals surface area contributed by atoms with Gasteiger partial charge in [-0.1, -0.05) is 11.3 Å². The van der Waals surface area contributed by atoms with Gasteiger partial charge in [-0.3, -0.25) is 4.79 Å². The van der Waals surface area contributed by atoms with Gasteiger partial charge in [-0.25, -0.2) is 4.98 Å². The van der Waals surface area contributed by atoms with Crippen LogP contribution in [0.5, 0.6) is 16.7 Å². The van der Waals surface area contributed by atoms with Gasteiger partial charge in [0.15, 0.2) is 5.65 Å². The summed E-state index contributed by atoms with van der Waals surface area (Å²) in [6.07, 6.45) is 5.78. The van der Waals surface area contributed by atoms with Crippen molar-refractivity contribution >= 4 is 27.6 Å². The molecule has 2 saturated heterocycles. The Balaban J connectivity index is 1.17. The first kappa shape index (κ1) is 18.3. The highest BCUT2D eigenvalue weighted by atomic mass is 32.1. The third-order valence-corrected chi connectivity index (χ3v) is 6.50. The lowest BCUT2D eigenvalue weighted by Crippen LogP contribution is -2.51. The minimum atomic E-state index is 0.191. The average molecular weight is 410 g/mol. The Morgan fingerprint density at radius 1 is 1.14 bits per heavy atom. The van der Waals surface area contributed by atoms with Crippen molar-refractivity contribution in [1.29, 1.82) is 0 Å². The molecule has 8 heteroatoms. The zero-order valence-corrected chi connectivity index (χ0v) is 16.9. The Morgan fingerprint density at radius 3 is 2.55 bits per heavy atom. The van der Waals surface area contributed by atoms with Gasteiger partial charge in [-0.05, 0) is 62.1 Å². The highest BCUT2D eigenvalue weighted by Crippen LogP contribution is 2.36. The van der Waals surface area contributed by atoms with E-state index in [1.165, 1.54) is 11.3 Å². The molecule has 1 aromatic carbocycles. The zero-order chi connectivity index (χ0) is 19.8. The number of thiazole rings is 1. The van der Waals surface area contributed by atoms with Crippen molar-refractivity contribution in [2.45, 2.75) is 50.7 Å². The summed E-state index contributed by atoms with van der Waals surface area (Å²) in [6.45, 7) is 1.67. The fraction of sp³-hybridized carbons (Fsp3) is 0.381. The SMILES string of the molecule is CC(=O)N1[C@@H]2CC[C@H]1CC(NOc1ccc(Oc3nc4ncccc4s3)cc1)C2. The van der Waals surface area contributed by atoms with E-state index in [2.05, 4.69) is 20.3 Å². The van der Waals surface area contributed by atoms with E-state index in [1.54, 1.807) is 13.1 Å². The molecule has 2 bridgehead atoms. The number of fused-ring (bicyclic) bond motifs is 3. The van der Waals surface area contributed by atoms with Gasteiger partial charge in [0, 0.05) is 31.2 Å². The Labute approximate surface area is 172 Å². The molecule has 7 nitrogen and oxygen atoms in total. The van der Waals surface area contributed by atoms with Gasteiger partial charge in [0.05, 0.1) is 4.70 Å². The van der Waals surface area contributed by atoms with Crippen LogP contribution >= 0.6 is 11.3 Å². The van der Waals surface area contributed by atoms with Crippen LogP contribution in [0.2, 0.25) is 0 Å². The van der Waals surface area contributed by atoms with E-state index in [-0.39, 0.29) is 11.9 Å². The van der Waals surface area contributed by atoms with Gasteiger partial charge in [-0.2, -0.15) is 10.5 Å². The summed E-state index contributed by atoms with van der Waals surface area (Å²) in [4.78, 5) is 28.3. The molecule has 3 atom stereocenters. The second kappa shape index (κ2) is 7.61. The second-order valence-electron chi connectivity index (χ2n) is 7.58. The summed E-state index contributed by atoms with van der Waals surface area (Å²) in [6, 6.07) is 12.3. The van der Waals surface area contributed by atoms with Crippen molar-refractivity contribution in [1.82, 2.24) is 20.3 Å². The molecule has 4 heterocycles. The maximum Gasteiger partial charge on any atom is 0.281 e. The summed E-state index contributed by atoms with van der Waals surface area (Å²) in [7, 11) is 0. The van der Waals surface area contributed by atoms with Crippen LogP contribution in [-0.2, 0) is 4.79 Å². The molecule has 3 aromatic rings. The molecule has 2 aliphatic heterocycles. The molecule has 1 amide bonds. The van der Waals surface area contributed by atoms with E-state index in [9.17, 15) is 4.79 Å². The van der Waals surface area contributed by atoms with Crippen LogP contribution in [0.4, 0.5) is 0 Å². The second-order valence-corrected chi connectivity index (χ2v) is 8.57. The van der Waals surface area contributed by atoms with Crippen molar-refractivity contribution in [3.8, 4) is 16.7 Å². The lowest BCUT2D eigenvalue weighted by atomic mass is 9.98. The Bertz CT molecular complexity index is 975. The molecule has 2 aromatic heterocycles. The Morgan fingerprint density at radius 2 is 1.86 bits per heavy atom. The number of pyridine rings is 1. The van der Waals surface area contributed by atoms with E-state index in [1.807, 2.05) is 36.4 Å². The largest absolute Gasteiger partial charge is 0.431 e. The van der Waals surface area contributed by atoms with Crippen LogP contribution in [0, 0.1) is 0 Å². The van der Waals surface area contributed by atoms with Crippen LogP contribution < -0.4 is 15.1 Å². The molecule has 2 aliphatic rings. The van der Waals surface area contributed by atoms with Crippen LogP contribution in [-0.4, -0.2) is 38.9 Å². The van der Waals surface area contributed by atoms with Crippen LogP contribution in [0.3, 0.4) is 0 Å². The summed E-state index contributed by atoms with van der Waals surface area (Å²) < 4.78 is 6.83. The fourth-order valence-corrected chi connectivity index (χ4v) is 5.20. The van der Waals surface area contributed by atoms with Crippen LogP contribution in [0.25, 0.3) is 10.3 Å². The quantitative estimate of drug-likeness (QED) is 0.643. The van der Waals surface area contributed by atoms with Crippen molar-refractivity contribution < 1.29 is 14.4 Å². The molecular formula is C21H22N4O3S. The first-order chi connectivity index (χ1) is 14.2. The first-order valence-electron chi connectivity index (χ1n) is 9.86. The molecule has 150 valence electrons. The zero-order valence-electron chi connectivity index (χ0n) is 16.1. The number of aromatic nitrogens is 2. The van der Waals surface area contributed by atoms with Gasteiger partial charge < -0.3 is 14.5 Å². The van der Waals surface area contributed by atoms with Gasteiger partial charge in [0.2, 0.25) is 5.91 Å². The van der Waals surface area contributed by atoms with E-state index >= 15 is 0 Å². The lowest BCUT2D eigenvalue weighted by molar-refractivity contribution is -0.133. The number of carbonyl (C=O) groups is 1. The molecule has 1 unspecified atom stereocenters. The molecular weight excluding hydrogens is 388 g/mol. The molecule has 29 heavy (non-hydrogen) atoms. The molecule has 0 spiro atoms. The number of amides is 1. The van der Waals surface area contributed by atoms with E-state index < -0.39 is 0 Å². The number of rotatable bonds is 5. The molecule has 0 radical (unpaired) electrons. The maximum atomic E-state index is 11.8. The van der Waals surface area contributed by atoms with Gasteiger partial charge >= 0.3 is 0 Å². The predicted octanol–water partition coefficient (Wildman–Crippen LogP) is 3.91. The number of hydroxylamine groups is 1. The molecule has 0 saturated carbocycles. The fourth-order valence-electron chi connectivity index (χ4n) is 4.41. The topological polar surface area (TPSA) is 76.6 Å². The van der Waals surface area contributed by atoms with Crippen LogP contribution in [0.1, 0.15) is 32.6 Å². The number of piperidine rings is 1. The van der Waals surface area contributed by atoms with Crippen molar-refractivity contribution in [2.24, 2.45) is 0 Å². The van der Waals surface area contributed by atoms with Crippen molar-refractivity contribution in [3.05, 3.63) is 42.6 Å². The summed E-state index contributed by atoms with van der Waals surface area (Å²) in [5.41, 5.74) is 3.88. The normalized spacial score (nSPS) is 23.3. The summed E-state index contributed by atoms with van der Waals surface area (Å²) in [5, 5.41) is 0.568. The highest BCUT2D eigenvalue weighted by molar-refractivity contribution is 7.20. The van der Waals surface area contributed by atoms with Crippen molar-refractivity contribution in [2.75, 3.05) is 0 Å². The number of nitrogens with one attached hydrogen (secondary N) is 1. The Kier molecular flexibility index (Phi) is 4.81. The maximum absolute atomic E-state index is 11.8. The standard InChI is InChI=1S/C21H22N4O3S/c1-13(26)25-15-4-5-16(25)12-14(11-15)24-28-18-8-6-17(7-9-18)27-21-23-20-19(29-21)3-2-10-22-20/h2-3,6-10,14-16,24H,4-5,11-12H2,1H3/t14?,15-,16+. The Hall–Kier alpha value is -2.71. The van der Waals surface area contributed by atoms with Gasteiger partial charge in [-0.15, -0.1) is 0 Å². The number of benzene rings is 1. The monoisotopic (exact) mass is 410 g/mol. The summed E-state index contributed by atoms with van der Waals surface area (Å²) in [5.74, 6) is 1.62. The minimum absolute atomic E-state index is 0.191. The minimum Gasteiger partial charge on any atom is -0.431 e. The first-order valence-corrected chi connectivity index (χ1v) is 10.7. The van der Waals surface area contributed by atoms with Crippen LogP contribution in [0.15, 0.2) is 42.6 Å². The predicted molar refractivity (Wildman–Crippen MR) is 110 cm³/mol. The highest BCUT2D eigenvalue weighted by Gasteiger charge is 2.42. The molecule has 0 aliphatic carbocycles. The van der Waals surface area contributed by atoms with E-state index in [0.29, 0.717) is 28.7 Å². The number of hydrogen-bond acceptors (Lipinski definition) is 7. The smallest absolute Gasteiger partial charge is 0.281 e. The number of nitrogens with zero attached hydrogens (tertiary/aromatic N) is 3. The molecule has 2 fully saturated rings. The van der Waals surface area contributed by atoms with Gasteiger partial charge in [0.25, 0.3) is 5.19 Å². The van der Waals surface area contributed by atoms with E-state index in [4.69, 9.17) is 9.57 Å². The lowest BCUT2D eigenvalue weighted by Gasteiger charge is -2.38. The number of ether oxygens (including phenoxy) is 1. The average Bonchev–Trinajstić information content (AvgIpc) is 3.25. The summed E-state index contributed by atoms with van der Waals surface area (Å²) >= 11 is 1.47. The number of hydrogen-bond donors (Lipinski definition) is 1. The van der Waals surface area contributed by atoms with Gasteiger partial charge in [0.1, 0.15) is 11.5 Å². The molecule has 5 rings (SSSR count). The van der Waals surface area contributed by atoms with Crippen molar-refractivity contribution in [3.63, 3.8) is 0 Å². The molecule has 1 N–H and O–H groups in total.